The minimum absolute atomic E-state index is 0.372. The zero-order valence-corrected chi connectivity index (χ0v) is 19.3. The van der Waals surface area contributed by atoms with Gasteiger partial charge < -0.3 is 9.88 Å². The summed E-state index contributed by atoms with van der Waals surface area (Å²) >= 11 is 0. The number of nitrogens with one attached hydrogen (secondary N) is 1. The molecule has 0 unspecified atom stereocenters. The van der Waals surface area contributed by atoms with Gasteiger partial charge in [-0.05, 0) is 62.1 Å². The average molecular weight is 448 g/mol. The first-order valence-corrected chi connectivity index (χ1v) is 12.4. The van der Waals surface area contributed by atoms with Crippen molar-refractivity contribution in [3.63, 3.8) is 0 Å². The standard InChI is InChI=1S/C29H29N5/c1-3-10-21(11-4-1)31-26-19-29-27(18-25(26)32-22-12-9-17-30-20-22)33-24-15-7-8-16-28(24)34(29)23-13-5-2-6-14-23/h2,5-6,9,12-21,32H,1,3-4,7-8,10-11H2. The van der Waals surface area contributed by atoms with Crippen LogP contribution in [0.3, 0.4) is 0 Å². The molecule has 1 aromatic heterocycles. The lowest BCUT2D eigenvalue weighted by Crippen LogP contribution is -2.40. The molecule has 0 atom stereocenters. The van der Waals surface area contributed by atoms with E-state index in [1.807, 2.05) is 18.3 Å². The maximum absolute atomic E-state index is 5.27. The van der Waals surface area contributed by atoms with Crippen molar-refractivity contribution in [2.75, 3.05) is 5.32 Å². The van der Waals surface area contributed by atoms with Crippen LogP contribution in [0, 0.1) is 0 Å². The minimum Gasteiger partial charge on any atom is -0.352 e. The molecule has 5 heteroatoms. The highest BCUT2D eigenvalue weighted by Crippen LogP contribution is 2.25. The summed E-state index contributed by atoms with van der Waals surface area (Å²) in [7, 11) is 0. The third kappa shape index (κ3) is 4.14. The molecule has 1 N–H and O–H groups in total. The van der Waals surface area contributed by atoms with E-state index in [2.05, 4.69) is 69.5 Å². The van der Waals surface area contributed by atoms with Gasteiger partial charge in [0.25, 0.3) is 0 Å². The monoisotopic (exact) mass is 447 g/mol. The van der Waals surface area contributed by atoms with Gasteiger partial charge in [-0.25, -0.2) is 4.98 Å². The molecule has 1 saturated carbocycles. The van der Waals surface area contributed by atoms with Crippen LogP contribution in [0.15, 0.2) is 72.0 Å². The van der Waals surface area contributed by atoms with Gasteiger partial charge in [-0.3, -0.25) is 9.98 Å². The summed E-state index contributed by atoms with van der Waals surface area (Å²) in [6, 6.07) is 19.3. The molecule has 1 fully saturated rings. The van der Waals surface area contributed by atoms with E-state index in [1.54, 1.807) is 6.20 Å². The number of aromatic nitrogens is 3. The zero-order chi connectivity index (χ0) is 22.7. The highest BCUT2D eigenvalue weighted by atomic mass is 15.0. The summed E-state index contributed by atoms with van der Waals surface area (Å²) in [4.78, 5) is 14.6. The fraction of sp³-hybridized carbons (Fsp3) is 0.276. The quantitative estimate of drug-likeness (QED) is 0.493. The Bertz CT molecular complexity index is 1450. The predicted octanol–water partition coefficient (Wildman–Crippen LogP) is 4.70. The van der Waals surface area contributed by atoms with Crippen molar-refractivity contribution < 1.29 is 0 Å². The molecule has 6 rings (SSSR count). The summed E-state index contributed by atoms with van der Waals surface area (Å²) in [6.45, 7) is 0. The molecule has 170 valence electrons. The van der Waals surface area contributed by atoms with Crippen molar-refractivity contribution in [2.24, 2.45) is 4.99 Å². The predicted molar refractivity (Wildman–Crippen MR) is 138 cm³/mol. The van der Waals surface area contributed by atoms with Crippen molar-refractivity contribution in [2.45, 2.75) is 51.0 Å². The number of hydrogen-bond donors (Lipinski definition) is 1. The van der Waals surface area contributed by atoms with E-state index in [0.29, 0.717) is 6.04 Å². The van der Waals surface area contributed by atoms with Gasteiger partial charge in [0.2, 0.25) is 0 Å². The van der Waals surface area contributed by atoms with Gasteiger partial charge >= 0.3 is 0 Å². The normalized spacial score (nSPS) is 16.5. The number of rotatable bonds is 4. The van der Waals surface area contributed by atoms with E-state index >= 15 is 0 Å². The van der Waals surface area contributed by atoms with Crippen LogP contribution in [0.25, 0.3) is 29.2 Å². The maximum Gasteiger partial charge on any atom is 0.0900 e. The molecule has 4 aliphatic rings. The molecular formula is C29H29N5. The largest absolute Gasteiger partial charge is 0.352 e. The molecule has 5 nitrogen and oxygen atoms in total. The van der Waals surface area contributed by atoms with E-state index in [1.165, 1.54) is 24.6 Å². The van der Waals surface area contributed by atoms with Gasteiger partial charge in [0.05, 0.1) is 51.1 Å². The fourth-order valence-corrected chi connectivity index (χ4v) is 5.11. The number of para-hydroxylation sites is 1. The second-order valence-electron chi connectivity index (χ2n) is 9.18. The van der Waals surface area contributed by atoms with Gasteiger partial charge in [-0.1, -0.05) is 49.6 Å². The smallest absolute Gasteiger partial charge is 0.0900 e. The van der Waals surface area contributed by atoms with E-state index in [9.17, 15) is 0 Å². The molecule has 3 aliphatic carbocycles. The van der Waals surface area contributed by atoms with Gasteiger partial charge in [0.15, 0.2) is 0 Å². The Morgan fingerprint density at radius 1 is 0.912 bits per heavy atom. The number of hydrogen-bond acceptors (Lipinski definition) is 4. The van der Waals surface area contributed by atoms with Crippen LogP contribution in [-0.2, 0) is 0 Å². The highest BCUT2D eigenvalue weighted by Gasteiger charge is 2.18. The van der Waals surface area contributed by atoms with Crippen molar-refractivity contribution in [1.82, 2.24) is 14.5 Å². The van der Waals surface area contributed by atoms with Crippen molar-refractivity contribution >= 4 is 23.5 Å². The molecule has 0 radical (unpaired) electrons. The second-order valence-corrected chi connectivity index (χ2v) is 9.18. The second kappa shape index (κ2) is 9.26. The number of fused-ring (bicyclic) bond motifs is 2. The Morgan fingerprint density at radius 2 is 1.76 bits per heavy atom. The van der Waals surface area contributed by atoms with E-state index in [-0.39, 0.29) is 0 Å². The first-order valence-electron chi connectivity index (χ1n) is 12.4. The van der Waals surface area contributed by atoms with E-state index in [4.69, 9.17) is 9.98 Å². The number of anilines is 2. The molecule has 34 heavy (non-hydrogen) atoms. The first-order chi connectivity index (χ1) is 16.8. The molecule has 1 aliphatic heterocycles. The van der Waals surface area contributed by atoms with Crippen molar-refractivity contribution in [3.05, 3.63) is 83.0 Å². The van der Waals surface area contributed by atoms with Gasteiger partial charge in [-0.15, -0.1) is 0 Å². The van der Waals surface area contributed by atoms with Crippen LogP contribution in [0.5, 0.6) is 0 Å². The molecular weight excluding hydrogens is 418 g/mol. The number of nitrogens with zero attached hydrogens (tertiary/aromatic N) is 4. The molecule has 2 heterocycles. The lowest BCUT2D eigenvalue weighted by atomic mass is 9.96. The molecule has 0 amide bonds. The Labute approximate surface area is 199 Å². The Balaban J connectivity index is 1.62. The lowest BCUT2D eigenvalue weighted by molar-refractivity contribution is 0.437. The van der Waals surface area contributed by atoms with Crippen LogP contribution in [0.4, 0.5) is 11.4 Å². The fourth-order valence-electron chi connectivity index (χ4n) is 5.11. The first kappa shape index (κ1) is 20.8. The summed E-state index contributed by atoms with van der Waals surface area (Å²) < 4.78 is 2.35. The van der Waals surface area contributed by atoms with Crippen LogP contribution in [-0.4, -0.2) is 20.6 Å². The van der Waals surface area contributed by atoms with E-state index in [0.717, 1.165) is 64.8 Å². The Kier molecular flexibility index (Phi) is 5.68. The average Bonchev–Trinajstić information content (AvgIpc) is 2.89. The van der Waals surface area contributed by atoms with Crippen molar-refractivity contribution in [1.29, 1.82) is 0 Å². The molecule has 0 bridgehead atoms. The summed E-state index contributed by atoms with van der Waals surface area (Å²) in [5, 5.41) is 6.78. The molecule has 1 aromatic carbocycles. The van der Waals surface area contributed by atoms with Crippen LogP contribution >= 0.6 is 0 Å². The molecule has 2 aromatic rings. The summed E-state index contributed by atoms with van der Waals surface area (Å²) in [6.07, 6.45) is 16.4. The Hall–Kier alpha value is -3.73. The van der Waals surface area contributed by atoms with Gasteiger partial charge in [0, 0.05) is 11.9 Å². The number of pyridine rings is 1. The number of benzene rings is 2. The lowest BCUT2D eigenvalue weighted by Gasteiger charge is -2.21. The summed E-state index contributed by atoms with van der Waals surface area (Å²) in [5.41, 5.74) is 5.13. The third-order valence-electron chi connectivity index (χ3n) is 6.77. The van der Waals surface area contributed by atoms with Crippen molar-refractivity contribution in [3.8, 4) is 17.1 Å². The van der Waals surface area contributed by atoms with E-state index < -0.39 is 0 Å². The Morgan fingerprint density at radius 3 is 2.59 bits per heavy atom. The SMILES string of the molecule is C1=c2nc3cc(Nc4cccnc4)c(=NC4CCCCC4)cc-3n(-c3ccccc3)c2=CCC1. The van der Waals surface area contributed by atoms with Crippen LogP contribution < -0.4 is 21.4 Å². The van der Waals surface area contributed by atoms with Crippen LogP contribution in [0.2, 0.25) is 0 Å². The zero-order valence-electron chi connectivity index (χ0n) is 19.3. The molecule has 0 spiro atoms. The third-order valence-corrected chi connectivity index (χ3v) is 6.77. The highest BCUT2D eigenvalue weighted by molar-refractivity contribution is 5.70. The van der Waals surface area contributed by atoms with Gasteiger partial charge in [0.1, 0.15) is 0 Å². The van der Waals surface area contributed by atoms with Gasteiger partial charge in [-0.2, -0.15) is 0 Å². The minimum atomic E-state index is 0.372. The topological polar surface area (TPSA) is 55.1 Å². The maximum atomic E-state index is 5.27. The van der Waals surface area contributed by atoms with Crippen LogP contribution in [0.1, 0.15) is 44.9 Å². The summed E-state index contributed by atoms with van der Waals surface area (Å²) in [5.74, 6) is 0. The molecule has 0 saturated heterocycles.